The van der Waals surface area contributed by atoms with Gasteiger partial charge in [0.05, 0.1) is 0 Å². The van der Waals surface area contributed by atoms with E-state index >= 15 is 0 Å². The van der Waals surface area contributed by atoms with E-state index in [4.69, 9.17) is 11.6 Å². The zero-order valence-electron chi connectivity index (χ0n) is 6.57. The van der Waals surface area contributed by atoms with Crippen molar-refractivity contribution in [2.24, 2.45) is 0 Å². The van der Waals surface area contributed by atoms with E-state index in [1.165, 1.54) is 12.1 Å². The van der Waals surface area contributed by atoms with Crippen LogP contribution >= 0.6 is 11.6 Å². The van der Waals surface area contributed by atoms with Crippen molar-refractivity contribution in [2.45, 2.75) is 13.6 Å². The minimum atomic E-state index is -0.263. The van der Waals surface area contributed by atoms with Crippen molar-refractivity contribution in [3.05, 3.63) is 29.0 Å². The lowest BCUT2D eigenvalue weighted by atomic mass is 9.49. The first-order valence-corrected chi connectivity index (χ1v) is 3.93. The molecule has 0 unspecified atom stereocenters. The molecule has 0 aliphatic carbocycles. The van der Waals surface area contributed by atoms with E-state index in [1.807, 2.05) is 13.6 Å². The zero-order valence-corrected chi connectivity index (χ0v) is 7.32. The minimum Gasteiger partial charge on any atom is -0.207 e. The highest BCUT2D eigenvalue weighted by Crippen LogP contribution is 2.08. The summed E-state index contributed by atoms with van der Waals surface area (Å²) in [6.45, 7) is 4.33. The Bertz CT molecular complexity index is 240. The Labute approximate surface area is 71.5 Å². The molecule has 1 aromatic carbocycles. The third kappa shape index (κ3) is 2.23. The fourth-order valence-corrected chi connectivity index (χ4v) is 1.14. The third-order valence-corrected chi connectivity index (χ3v) is 1.77. The van der Waals surface area contributed by atoms with Crippen molar-refractivity contribution in [2.75, 3.05) is 0 Å². The van der Waals surface area contributed by atoms with E-state index < -0.39 is 0 Å². The summed E-state index contributed by atoms with van der Waals surface area (Å²) in [6, 6.07) is 4.61. The molecule has 0 aromatic heterocycles. The Balaban J connectivity index is 3.08. The molecule has 0 fully saturated rings. The topological polar surface area (TPSA) is 0 Å². The molecule has 0 bridgehead atoms. The second kappa shape index (κ2) is 3.27. The van der Waals surface area contributed by atoms with E-state index in [0.29, 0.717) is 11.7 Å². The summed E-state index contributed by atoms with van der Waals surface area (Å²) in [5.41, 5.74) is 0.940. The summed E-state index contributed by atoms with van der Waals surface area (Å²) in [6.07, 6.45) is 0. The maximum Gasteiger partial charge on any atom is 0.169 e. The summed E-state index contributed by atoms with van der Waals surface area (Å²) in [5.74, 6) is -0.263. The second-order valence-electron chi connectivity index (χ2n) is 2.86. The molecule has 0 aliphatic rings. The SMILES string of the molecule is CB(C)c1cc(F)cc(Cl)c1. The average Bonchev–Trinajstić information content (AvgIpc) is 1.85. The van der Waals surface area contributed by atoms with Crippen molar-refractivity contribution in [3.8, 4) is 0 Å². The van der Waals surface area contributed by atoms with Crippen LogP contribution in [-0.4, -0.2) is 6.71 Å². The fraction of sp³-hybridized carbons (Fsp3) is 0.250. The molecule has 0 spiro atoms. The van der Waals surface area contributed by atoms with Gasteiger partial charge in [0.1, 0.15) is 5.82 Å². The van der Waals surface area contributed by atoms with Crippen molar-refractivity contribution >= 4 is 23.8 Å². The normalized spacial score (nSPS) is 9.82. The molecule has 0 amide bonds. The van der Waals surface area contributed by atoms with Gasteiger partial charge in [-0.3, -0.25) is 0 Å². The largest absolute Gasteiger partial charge is 0.207 e. The maximum absolute atomic E-state index is 12.7. The van der Waals surface area contributed by atoms with Gasteiger partial charge >= 0.3 is 0 Å². The molecule has 58 valence electrons. The van der Waals surface area contributed by atoms with Crippen LogP contribution < -0.4 is 5.46 Å². The van der Waals surface area contributed by atoms with Gasteiger partial charge in [0.15, 0.2) is 6.71 Å². The van der Waals surface area contributed by atoms with Gasteiger partial charge in [0.25, 0.3) is 0 Å². The molecule has 0 atom stereocenters. The molecular formula is C8H9BClF. The predicted molar refractivity (Wildman–Crippen MR) is 48.5 cm³/mol. The van der Waals surface area contributed by atoms with Crippen LogP contribution in [0.3, 0.4) is 0 Å². The third-order valence-electron chi connectivity index (χ3n) is 1.55. The lowest BCUT2D eigenvalue weighted by molar-refractivity contribution is 0.629. The van der Waals surface area contributed by atoms with Gasteiger partial charge in [-0.05, 0) is 18.2 Å². The number of halogens is 2. The summed E-state index contributed by atoms with van der Waals surface area (Å²) < 4.78 is 12.7. The van der Waals surface area contributed by atoms with Crippen LogP contribution in [0.1, 0.15) is 0 Å². The summed E-state index contributed by atoms with van der Waals surface area (Å²) in [7, 11) is 0. The second-order valence-corrected chi connectivity index (χ2v) is 3.29. The Hall–Kier alpha value is -0.495. The molecule has 0 aliphatic heterocycles. The molecule has 1 aromatic rings. The number of hydrogen-bond acceptors (Lipinski definition) is 0. The Kier molecular flexibility index (Phi) is 2.55. The van der Waals surface area contributed by atoms with Gasteiger partial charge in [-0.1, -0.05) is 30.7 Å². The van der Waals surface area contributed by atoms with Gasteiger partial charge in [-0.25, -0.2) is 4.39 Å². The summed E-state index contributed by atoms with van der Waals surface area (Å²) >= 11 is 5.65. The van der Waals surface area contributed by atoms with Crippen molar-refractivity contribution in [3.63, 3.8) is 0 Å². The van der Waals surface area contributed by atoms with Crippen LogP contribution in [0, 0.1) is 5.82 Å². The summed E-state index contributed by atoms with van der Waals surface area (Å²) in [5, 5.41) is 0.466. The van der Waals surface area contributed by atoms with Crippen molar-refractivity contribution < 1.29 is 4.39 Å². The van der Waals surface area contributed by atoms with Crippen molar-refractivity contribution in [1.82, 2.24) is 0 Å². The standard InChI is InChI=1S/C8H9BClF/c1-9(2)6-3-7(10)5-8(11)4-6/h3-5H,1-2H3. The molecule has 0 saturated carbocycles. The van der Waals surface area contributed by atoms with E-state index in [0.717, 1.165) is 5.46 Å². The Morgan fingerprint density at radius 3 is 2.36 bits per heavy atom. The molecule has 0 nitrogen and oxygen atoms in total. The lowest BCUT2D eigenvalue weighted by Gasteiger charge is -2.02. The lowest BCUT2D eigenvalue weighted by Crippen LogP contribution is -2.22. The highest BCUT2D eigenvalue weighted by Gasteiger charge is 2.04. The number of benzene rings is 1. The average molecular weight is 170 g/mol. The van der Waals surface area contributed by atoms with Gasteiger partial charge in [-0.15, -0.1) is 0 Å². The van der Waals surface area contributed by atoms with Gasteiger partial charge in [0, 0.05) is 5.02 Å². The molecule has 0 saturated heterocycles. The molecule has 0 N–H and O–H groups in total. The van der Waals surface area contributed by atoms with Crippen LogP contribution in [-0.2, 0) is 0 Å². The Morgan fingerprint density at radius 1 is 1.27 bits per heavy atom. The number of rotatable bonds is 1. The molecular weight excluding hydrogens is 161 g/mol. The predicted octanol–water partition coefficient (Wildman–Crippen LogP) is 2.44. The first-order chi connectivity index (χ1) is 5.09. The van der Waals surface area contributed by atoms with Gasteiger partial charge in [-0.2, -0.15) is 0 Å². The summed E-state index contributed by atoms with van der Waals surface area (Å²) in [4.78, 5) is 0. The Morgan fingerprint density at radius 2 is 1.91 bits per heavy atom. The van der Waals surface area contributed by atoms with Gasteiger partial charge < -0.3 is 0 Å². The molecule has 0 radical (unpaired) electrons. The van der Waals surface area contributed by atoms with Crippen LogP contribution in [0.2, 0.25) is 18.7 Å². The molecule has 11 heavy (non-hydrogen) atoms. The van der Waals surface area contributed by atoms with Crippen LogP contribution in [0.4, 0.5) is 4.39 Å². The quantitative estimate of drug-likeness (QED) is 0.568. The number of hydrogen-bond donors (Lipinski definition) is 0. The highest BCUT2D eigenvalue weighted by atomic mass is 35.5. The van der Waals surface area contributed by atoms with Crippen LogP contribution in [0.5, 0.6) is 0 Å². The first-order valence-electron chi connectivity index (χ1n) is 3.55. The highest BCUT2D eigenvalue weighted by molar-refractivity contribution is 6.70. The molecule has 1 rings (SSSR count). The minimum absolute atomic E-state index is 0.263. The van der Waals surface area contributed by atoms with E-state index in [-0.39, 0.29) is 5.82 Å². The molecule has 3 heteroatoms. The van der Waals surface area contributed by atoms with Crippen LogP contribution in [0.25, 0.3) is 0 Å². The maximum atomic E-state index is 12.7. The first kappa shape index (κ1) is 8.60. The zero-order chi connectivity index (χ0) is 8.43. The smallest absolute Gasteiger partial charge is 0.169 e. The fourth-order valence-electron chi connectivity index (χ4n) is 0.908. The monoisotopic (exact) mass is 170 g/mol. The van der Waals surface area contributed by atoms with E-state index in [1.54, 1.807) is 6.07 Å². The van der Waals surface area contributed by atoms with Crippen molar-refractivity contribution in [1.29, 1.82) is 0 Å². The van der Waals surface area contributed by atoms with Crippen LogP contribution in [0.15, 0.2) is 18.2 Å². The molecule has 0 heterocycles. The van der Waals surface area contributed by atoms with Gasteiger partial charge in [0.2, 0.25) is 0 Å². The van der Waals surface area contributed by atoms with E-state index in [2.05, 4.69) is 0 Å². The van der Waals surface area contributed by atoms with E-state index in [9.17, 15) is 4.39 Å².